The highest BCUT2D eigenvalue weighted by Gasteiger charge is 2.19. The van der Waals surface area contributed by atoms with Gasteiger partial charge in [-0.3, -0.25) is 4.72 Å². The van der Waals surface area contributed by atoms with Crippen LogP contribution in [0, 0.1) is 6.92 Å². The molecule has 0 saturated heterocycles. The molecule has 0 fully saturated rings. The molecular weight excluding hydrogens is 394 g/mol. The van der Waals surface area contributed by atoms with E-state index in [4.69, 9.17) is 0 Å². The van der Waals surface area contributed by atoms with Gasteiger partial charge in [-0.05, 0) is 52.7 Å². The molecule has 6 nitrogen and oxygen atoms in total. The number of hydrogen-bond donors (Lipinski definition) is 2. The number of aryl methyl sites for hydroxylation is 1. The van der Waals surface area contributed by atoms with Crippen LogP contribution in [0.1, 0.15) is 5.56 Å². The number of rotatable bonds is 4. The summed E-state index contributed by atoms with van der Waals surface area (Å²) < 4.78 is 28.3. The molecule has 0 aromatic heterocycles. The molecule has 2 N–H and O–H groups in total. The summed E-state index contributed by atoms with van der Waals surface area (Å²) >= 11 is 3.28. The normalized spacial score (nSPS) is 11.0. The van der Waals surface area contributed by atoms with Gasteiger partial charge < -0.3 is 10.2 Å². The second-order valence-electron chi connectivity index (χ2n) is 5.41. The van der Waals surface area contributed by atoms with E-state index in [1.807, 2.05) is 6.92 Å². The van der Waals surface area contributed by atoms with Crippen LogP contribution in [0.15, 0.2) is 51.8 Å². The number of hydrogen-bond acceptors (Lipinski definition) is 3. The van der Waals surface area contributed by atoms with Gasteiger partial charge in [0.1, 0.15) is 4.90 Å². The molecule has 0 saturated carbocycles. The van der Waals surface area contributed by atoms with Gasteiger partial charge in [0.25, 0.3) is 10.0 Å². The Morgan fingerprint density at radius 3 is 2.29 bits per heavy atom. The Bertz CT molecular complexity index is 867. The lowest BCUT2D eigenvalue weighted by atomic mass is 10.2. The molecular formula is C16H18BrN3O3S. The standard InChI is InChI=1S/C16H18BrN3O3S/c1-11-8-9-15(12(17)10-11)24(22,23)19-14-7-5-4-6-13(14)18-16(21)20(2)3/h4-10,19H,1-3H3,(H,18,21). The zero-order valence-corrected chi connectivity index (χ0v) is 15.9. The molecule has 0 bridgehead atoms. The number of nitrogens with zero attached hydrogens (tertiary/aromatic N) is 1. The van der Waals surface area contributed by atoms with Crippen molar-refractivity contribution in [2.45, 2.75) is 11.8 Å². The summed E-state index contributed by atoms with van der Waals surface area (Å²) in [6.45, 7) is 1.88. The van der Waals surface area contributed by atoms with Crippen LogP contribution in [0.2, 0.25) is 0 Å². The first kappa shape index (κ1) is 18.3. The van der Waals surface area contributed by atoms with Crippen LogP contribution in [0.3, 0.4) is 0 Å². The molecule has 0 radical (unpaired) electrons. The molecule has 0 aliphatic carbocycles. The minimum atomic E-state index is -3.80. The lowest BCUT2D eigenvalue weighted by molar-refractivity contribution is 0.230. The lowest BCUT2D eigenvalue weighted by Gasteiger charge is -2.16. The zero-order chi connectivity index (χ0) is 17.9. The van der Waals surface area contributed by atoms with Crippen molar-refractivity contribution >= 4 is 43.4 Å². The fourth-order valence-electron chi connectivity index (χ4n) is 1.93. The van der Waals surface area contributed by atoms with Gasteiger partial charge in [-0.15, -0.1) is 0 Å². The maximum Gasteiger partial charge on any atom is 0.321 e. The summed E-state index contributed by atoms with van der Waals surface area (Å²) in [5.41, 5.74) is 1.61. The number of sulfonamides is 1. The maximum absolute atomic E-state index is 12.6. The van der Waals surface area contributed by atoms with Gasteiger partial charge in [0, 0.05) is 18.6 Å². The van der Waals surface area contributed by atoms with E-state index in [0.717, 1.165) is 5.56 Å². The first-order chi connectivity index (χ1) is 11.2. The van der Waals surface area contributed by atoms with E-state index in [-0.39, 0.29) is 10.9 Å². The molecule has 2 aromatic carbocycles. The molecule has 0 unspecified atom stereocenters. The van der Waals surface area contributed by atoms with E-state index < -0.39 is 10.0 Å². The lowest BCUT2D eigenvalue weighted by Crippen LogP contribution is -2.28. The quantitative estimate of drug-likeness (QED) is 0.805. The van der Waals surface area contributed by atoms with Gasteiger partial charge in [0.15, 0.2) is 0 Å². The molecule has 2 rings (SSSR count). The molecule has 0 aliphatic rings. The van der Waals surface area contributed by atoms with Crippen LogP contribution in [-0.4, -0.2) is 33.4 Å². The monoisotopic (exact) mass is 411 g/mol. The number of anilines is 2. The van der Waals surface area contributed by atoms with Crippen LogP contribution >= 0.6 is 15.9 Å². The van der Waals surface area contributed by atoms with Crippen molar-refractivity contribution in [3.8, 4) is 0 Å². The van der Waals surface area contributed by atoms with E-state index in [9.17, 15) is 13.2 Å². The first-order valence-corrected chi connectivity index (χ1v) is 9.34. The molecule has 0 aliphatic heterocycles. The SMILES string of the molecule is Cc1ccc(S(=O)(=O)Nc2ccccc2NC(=O)N(C)C)c(Br)c1. The zero-order valence-electron chi connectivity index (χ0n) is 13.5. The summed E-state index contributed by atoms with van der Waals surface area (Å²) in [6, 6.07) is 11.3. The van der Waals surface area contributed by atoms with Crippen molar-refractivity contribution in [2.24, 2.45) is 0 Å². The van der Waals surface area contributed by atoms with Gasteiger partial charge in [0.05, 0.1) is 11.4 Å². The number of amides is 2. The highest BCUT2D eigenvalue weighted by atomic mass is 79.9. The Hall–Kier alpha value is -2.06. The van der Waals surface area contributed by atoms with Crippen molar-refractivity contribution in [1.82, 2.24) is 4.90 Å². The summed E-state index contributed by atoms with van der Waals surface area (Å²) in [6.07, 6.45) is 0. The van der Waals surface area contributed by atoms with E-state index in [0.29, 0.717) is 15.8 Å². The Labute approximate surface area is 150 Å². The van der Waals surface area contributed by atoms with Crippen LogP contribution in [0.4, 0.5) is 16.2 Å². The first-order valence-electron chi connectivity index (χ1n) is 7.07. The summed E-state index contributed by atoms with van der Waals surface area (Å²) in [4.78, 5) is 13.3. The van der Waals surface area contributed by atoms with Crippen LogP contribution < -0.4 is 10.0 Å². The van der Waals surface area contributed by atoms with Gasteiger partial charge in [-0.25, -0.2) is 13.2 Å². The Kier molecular flexibility index (Phi) is 5.51. The molecule has 0 heterocycles. The number of halogens is 1. The molecule has 0 spiro atoms. The highest BCUT2D eigenvalue weighted by Crippen LogP contribution is 2.28. The highest BCUT2D eigenvalue weighted by molar-refractivity contribution is 9.10. The third kappa shape index (κ3) is 4.27. The largest absolute Gasteiger partial charge is 0.331 e. The Morgan fingerprint density at radius 1 is 1.08 bits per heavy atom. The predicted octanol–water partition coefficient (Wildman–Crippen LogP) is 3.65. The fraction of sp³-hybridized carbons (Fsp3) is 0.188. The van der Waals surface area contributed by atoms with E-state index in [1.54, 1.807) is 50.5 Å². The van der Waals surface area contributed by atoms with Crippen molar-refractivity contribution in [1.29, 1.82) is 0 Å². The average molecular weight is 412 g/mol. The molecule has 128 valence electrons. The van der Waals surface area contributed by atoms with E-state index in [2.05, 4.69) is 26.0 Å². The number of carbonyl (C=O) groups excluding carboxylic acids is 1. The number of benzene rings is 2. The summed E-state index contributed by atoms with van der Waals surface area (Å²) in [5.74, 6) is 0. The van der Waals surface area contributed by atoms with E-state index in [1.165, 1.54) is 11.0 Å². The van der Waals surface area contributed by atoms with Gasteiger partial charge >= 0.3 is 6.03 Å². The predicted molar refractivity (Wildman–Crippen MR) is 98.8 cm³/mol. The van der Waals surface area contributed by atoms with Gasteiger partial charge in [-0.1, -0.05) is 18.2 Å². The van der Waals surface area contributed by atoms with Gasteiger partial charge in [0.2, 0.25) is 0 Å². The number of nitrogens with one attached hydrogen (secondary N) is 2. The second-order valence-corrected chi connectivity index (χ2v) is 7.91. The maximum atomic E-state index is 12.6. The minimum absolute atomic E-state index is 0.127. The van der Waals surface area contributed by atoms with Crippen LogP contribution in [0.5, 0.6) is 0 Å². The second kappa shape index (κ2) is 7.23. The summed E-state index contributed by atoms with van der Waals surface area (Å²) in [7, 11) is -0.596. The summed E-state index contributed by atoms with van der Waals surface area (Å²) in [5, 5.41) is 2.66. The molecule has 0 atom stereocenters. The minimum Gasteiger partial charge on any atom is -0.331 e. The van der Waals surface area contributed by atoms with Crippen molar-refractivity contribution < 1.29 is 13.2 Å². The Morgan fingerprint density at radius 2 is 1.71 bits per heavy atom. The topological polar surface area (TPSA) is 78.5 Å². The Balaban J connectivity index is 2.35. The van der Waals surface area contributed by atoms with Crippen molar-refractivity contribution in [3.63, 3.8) is 0 Å². The average Bonchev–Trinajstić information content (AvgIpc) is 2.48. The third-order valence-corrected chi connectivity index (χ3v) is 5.54. The molecule has 2 amide bonds. The fourth-order valence-corrected chi connectivity index (χ4v) is 4.20. The number of urea groups is 1. The van der Waals surface area contributed by atoms with Gasteiger partial charge in [-0.2, -0.15) is 0 Å². The number of carbonyl (C=O) groups is 1. The smallest absolute Gasteiger partial charge is 0.321 e. The number of para-hydroxylation sites is 2. The molecule has 24 heavy (non-hydrogen) atoms. The van der Waals surface area contributed by atoms with Crippen LogP contribution in [-0.2, 0) is 10.0 Å². The van der Waals surface area contributed by atoms with E-state index >= 15 is 0 Å². The molecule has 2 aromatic rings. The molecule has 8 heteroatoms. The van der Waals surface area contributed by atoms with Crippen molar-refractivity contribution in [2.75, 3.05) is 24.1 Å². The third-order valence-electron chi connectivity index (χ3n) is 3.20. The van der Waals surface area contributed by atoms with Crippen LogP contribution in [0.25, 0.3) is 0 Å². The van der Waals surface area contributed by atoms with Crippen molar-refractivity contribution in [3.05, 3.63) is 52.5 Å².